The van der Waals surface area contributed by atoms with E-state index in [2.05, 4.69) is 0 Å². The molecule has 0 bridgehead atoms. The Balaban J connectivity index is 1.49. The van der Waals surface area contributed by atoms with Crippen LogP contribution < -0.4 is 0 Å². The highest BCUT2D eigenvalue weighted by molar-refractivity contribution is 7.10. The lowest BCUT2D eigenvalue weighted by Gasteiger charge is -2.29. The van der Waals surface area contributed by atoms with E-state index in [4.69, 9.17) is 4.74 Å². The topological polar surface area (TPSA) is 49.9 Å². The van der Waals surface area contributed by atoms with Crippen molar-refractivity contribution in [2.24, 2.45) is 0 Å². The summed E-state index contributed by atoms with van der Waals surface area (Å²) in [6.07, 6.45) is 2.11. The van der Waals surface area contributed by atoms with Crippen LogP contribution in [-0.4, -0.2) is 47.4 Å². The molecule has 1 aliphatic heterocycles. The zero-order valence-corrected chi connectivity index (χ0v) is 20.0. The fourth-order valence-corrected chi connectivity index (χ4v) is 5.27. The largest absolute Gasteiger partial charge is 0.376 e. The molecule has 0 radical (unpaired) electrons. The van der Waals surface area contributed by atoms with E-state index in [0.29, 0.717) is 26.2 Å². The van der Waals surface area contributed by atoms with E-state index < -0.39 is 0 Å². The summed E-state index contributed by atoms with van der Waals surface area (Å²) in [6, 6.07) is 14.0. The first-order chi connectivity index (χ1) is 16.1. The number of hydrogen-bond donors (Lipinski definition) is 0. The fraction of sp³-hybridized carbons (Fsp3) is 0.360. The molecule has 0 N–H and O–H groups in total. The van der Waals surface area contributed by atoms with Gasteiger partial charge >= 0.3 is 0 Å². The Bertz CT molecular complexity index is 1020. The van der Waals surface area contributed by atoms with Crippen LogP contribution in [0, 0.1) is 5.82 Å². The highest BCUT2D eigenvalue weighted by Gasteiger charge is 2.27. The lowest BCUT2D eigenvalue weighted by molar-refractivity contribution is -0.142. The fourth-order valence-electron chi connectivity index (χ4n) is 3.86. The van der Waals surface area contributed by atoms with E-state index >= 15 is 0 Å². The molecule has 2 aromatic heterocycles. The molecular formula is C25H27FN2O3S2. The molecule has 33 heavy (non-hydrogen) atoms. The standard InChI is InChI=1S/C25H27FN2O3S2/c26-20-9-7-19(8-10-20)15-27(17-23-6-3-13-33-23)25(30)18-28(16-21-4-1-11-31-21)24(29)14-22-5-2-12-32-22/h2-3,5-10,12-13,21H,1,4,11,14-18H2. The molecule has 5 nitrogen and oxygen atoms in total. The molecule has 1 aromatic carbocycles. The summed E-state index contributed by atoms with van der Waals surface area (Å²) < 4.78 is 19.1. The van der Waals surface area contributed by atoms with Gasteiger partial charge < -0.3 is 14.5 Å². The van der Waals surface area contributed by atoms with Crippen molar-refractivity contribution in [2.45, 2.75) is 38.5 Å². The number of hydrogen-bond acceptors (Lipinski definition) is 5. The zero-order valence-electron chi connectivity index (χ0n) is 18.3. The zero-order chi connectivity index (χ0) is 23.0. The lowest BCUT2D eigenvalue weighted by Crippen LogP contribution is -2.45. The molecular weight excluding hydrogens is 459 g/mol. The normalized spacial score (nSPS) is 15.5. The van der Waals surface area contributed by atoms with Crippen LogP contribution in [0.2, 0.25) is 0 Å². The first-order valence-electron chi connectivity index (χ1n) is 11.0. The van der Waals surface area contributed by atoms with Crippen LogP contribution in [0.25, 0.3) is 0 Å². The van der Waals surface area contributed by atoms with E-state index in [9.17, 15) is 14.0 Å². The molecule has 0 saturated carbocycles. The number of thiophene rings is 2. The van der Waals surface area contributed by atoms with Gasteiger partial charge in [-0.15, -0.1) is 22.7 Å². The second-order valence-electron chi connectivity index (χ2n) is 8.12. The Morgan fingerprint density at radius 2 is 1.67 bits per heavy atom. The predicted molar refractivity (Wildman–Crippen MR) is 129 cm³/mol. The van der Waals surface area contributed by atoms with Gasteiger partial charge in [-0.05, 0) is 53.4 Å². The van der Waals surface area contributed by atoms with Gasteiger partial charge in [0.25, 0.3) is 0 Å². The third kappa shape index (κ3) is 6.96. The molecule has 1 aliphatic rings. The number of halogens is 1. The van der Waals surface area contributed by atoms with Crippen molar-refractivity contribution in [1.29, 1.82) is 0 Å². The number of nitrogens with zero attached hydrogens (tertiary/aromatic N) is 2. The molecule has 0 aliphatic carbocycles. The second-order valence-corrected chi connectivity index (χ2v) is 10.2. The quantitative estimate of drug-likeness (QED) is 0.416. The summed E-state index contributed by atoms with van der Waals surface area (Å²) in [5, 5.41) is 3.92. The maximum absolute atomic E-state index is 13.5. The Morgan fingerprint density at radius 3 is 2.30 bits per heavy atom. The summed E-state index contributed by atoms with van der Waals surface area (Å²) in [4.78, 5) is 32.0. The van der Waals surface area contributed by atoms with Crippen LogP contribution in [-0.2, 0) is 33.8 Å². The lowest BCUT2D eigenvalue weighted by atomic mass is 10.2. The molecule has 174 valence electrons. The second kappa shape index (κ2) is 11.5. The van der Waals surface area contributed by atoms with Gasteiger partial charge in [-0.3, -0.25) is 9.59 Å². The number of carbonyl (C=O) groups is 2. The number of carbonyl (C=O) groups excluding carboxylic acids is 2. The first-order valence-corrected chi connectivity index (χ1v) is 12.8. The minimum absolute atomic E-state index is 0.00333. The van der Waals surface area contributed by atoms with Crippen molar-refractivity contribution < 1.29 is 18.7 Å². The van der Waals surface area contributed by atoms with Gasteiger partial charge in [0.2, 0.25) is 11.8 Å². The van der Waals surface area contributed by atoms with Crippen molar-refractivity contribution in [3.8, 4) is 0 Å². The van der Waals surface area contributed by atoms with Crippen molar-refractivity contribution >= 4 is 34.5 Å². The van der Waals surface area contributed by atoms with E-state index in [1.165, 1.54) is 23.5 Å². The number of amides is 2. The summed E-state index contributed by atoms with van der Waals surface area (Å²) in [5.74, 6) is -0.513. The van der Waals surface area contributed by atoms with Gasteiger partial charge in [0.1, 0.15) is 5.82 Å². The maximum Gasteiger partial charge on any atom is 0.242 e. The van der Waals surface area contributed by atoms with Gasteiger partial charge in [0.05, 0.1) is 25.6 Å². The molecule has 1 saturated heterocycles. The average molecular weight is 487 g/mol. The Hall–Kier alpha value is -2.55. The van der Waals surface area contributed by atoms with Crippen LogP contribution in [0.3, 0.4) is 0 Å². The summed E-state index contributed by atoms with van der Waals surface area (Å²) in [6.45, 7) is 1.90. The third-order valence-corrected chi connectivity index (χ3v) is 7.34. The molecule has 1 unspecified atom stereocenters. The molecule has 8 heteroatoms. The van der Waals surface area contributed by atoms with Crippen LogP contribution in [0.4, 0.5) is 4.39 Å². The predicted octanol–water partition coefficient (Wildman–Crippen LogP) is 4.73. The summed E-state index contributed by atoms with van der Waals surface area (Å²) in [5.41, 5.74) is 0.844. The first kappa shape index (κ1) is 23.6. The summed E-state index contributed by atoms with van der Waals surface area (Å²) in [7, 11) is 0. The van der Waals surface area contributed by atoms with E-state index in [0.717, 1.165) is 28.2 Å². The van der Waals surface area contributed by atoms with Crippen molar-refractivity contribution in [3.63, 3.8) is 0 Å². The molecule has 4 rings (SSSR count). The molecule has 0 spiro atoms. The maximum atomic E-state index is 13.5. The average Bonchev–Trinajstić information content (AvgIpc) is 3.58. The van der Waals surface area contributed by atoms with E-state index in [1.54, 1.807) is 33.3 Å². The van der Waals surface area contributed by atoms with Gasteiger partial charge in [-0.1, -0.05) is 24.3 Å². The number of rotatable bonds is 10. The Kier molecular flexibility index (Phi) is 8.25. The van der Waals surface area contributed by atoms with Crippen molar-refractivity contribution in [1.82, 2.24) is 9.80 Å². The SMILES string of the molecule is O=C(CN(CC1CCCO1)C(=O)Cc1cccs1)N(Cc1ccc(F)cc1)Cc1cccs1. The minimum atomic E-state index is -0.309. The van der Waals surface area contributed by atoms with Crippen LogP contribution in [0.15, 0.2) is 59.3 Å². The molecule has 3 heterocycles. The van der Waals surface area contributed by atoms with Gasteiger partial charge in [0.15, 0.2) is 0 Å². The Morgan fingerprint density at radius 1 is 0.939 bits per heavy atom. The third-order valence-electron chi connectivity index (χ3n) is 5.60. The van der Waals surface area contributed by atoms with Gasteiger partial charge in [0, 0.05) is 29.5 Å². The summed E-state index contributed by atoms with van der Waals surface area (Å²) >= 11 is 3.12. The molecule has 1 fully saturated rings. The van der Waals surface area contributed by atoms with Crippen LogP contribution >= 0.6 is 22.7 Å². The number of ether oxygens (including phenoxy) is 1. The number of benzene rings is 1. The molecule has 3 aromatic rings. The Labute approximate surface area is 201 Å². The molecule has 2 amide bonds. The van der Waals surface area contributed by atoms with Crippen molar-refractivity contribution in [3.05, 3.63) is 80.4 Å². The minimum Gasteiger partial charge on any atom is -0.376 e. The van der Waals surface area contributed by atoms with E-state index in [-0.39, 0.29) is 36.7 Å². The van der Waals surface area contributed by atoms with Gasteiger partial charge in [-0.25, -0.2) is 4.39 Å². The highest BCUT2D eigenvalue weighted by atomic mass is 32.1. The molecule has 1 atom stereocenters. The van der Waals surface area contributed by atoms with Crippen LogP contribution in [0.5, 0.6) is 0 Å². The monoisotopic (exact) mass is 486 g/mol. The van der Waals surface area contributed by atoms with Gasteiger partial charge in [-0.2, -0.15) is 0 Å². The van der Waals surface area contributed by atoms with E-state index in [1.807, 2.05) is 35.0 Å². The van der Waals surface area contributed by atoms with Crippen LogP contribution in [0.1, 0.15) is 28.2 Å². The van der Waals surface area contributed by atoms with Crippen molar-refractivity contribution in [2.75, 3.05) is 19.7 Å². The smallest absolute Gasteiger partial charge is 0.242 e. The highest BCUT2D eigenvalue weighted by Crippen LogP contribution is 2.18.